The van der Waals surface area contributed by atoms with Gasteiger partial charge < -0.3 is 19.8 Å². The molecule has 2 amide bonds. The van der Waals surface area contributed by atoms with Crippen LogP contribution in [0.2, 0.25) is 5.02 Å². The Hall–Kier alpha value is -4.19. The Balaban J connectivity index is 1.38. The lowest BCUT2D eigenvalue weighted by atomic mass is 10.2. The molecule has 168 valence electrons. The number of rotatable bonds is 5. The zero-order valence-corrected chi connectivity index (χ0v) is 17.1. The van der Waals surface area contributed by atoms with Gasteiger partial charge in [0.05, 0.1) is 10.6 Å². The fourth-order valence-electron chi connectivity index (χ4n) is 2.64. The first-order chi connectivity index (χ1) is 15.8. The van der Waals surface area contributed by atoms with Crippen LogP contribution >= 0.6 is 11.6 Å². The second-order valence-corrected chi connectivity index (χ2v) is 6.79. The number of carbonyl (C=O) groups excluding carboxylic acids is 1. The minimum absolute atomic E-state index is 0.0648. The predicted molar refractivity (Wildman–Crippen MR) is 111 cm³/mol. The summed E-state index contributed by atoms with van der Waals surface area (Å²) in [5, 5.41) is 11.7. The molecule has 0 aliphatic heterocycles. The zero-order valence-electron chi connectivity index (χ0n) is 16.3. The number of anilines is 2. The van der Waals surface area contributed by atoms with Gasteiger partial charge in [-0.15, -0.1) is 10.2 Å². The van der Waals surface area contributed by atoms with Gasteiger partial charge in [0.25, 0.3) is 5.89 Å². The molecule has 4 aromatic rings. The average molecular weight is 477 g/mol. The minimum atomic E-state index is -4.64. The molecule has 0 unspecified atom stereocenters. The van der Waals surface area contributed by atoms with Gasteiger partial charge in [-0.05, 0) is 42.5 Å². The van der Waals surface area contributed by atoms with E-state index in [9.17, 15) is 18.0 Å². The summed E-state index contributed by atoms with van der Waals surface area (Å²) in [6, 6.07) is 10.1. The maximum atomic E-state index is 13.0. The van der Waals surface area contributed by atoms with Crippen LogP contribution in [0.5, 0.6) is 11.6 Å². The third-order valence-corrected chi connectivity index (χ3v) is 4.41. The van der Waals surface area contributed by atoms with Crippen molar-refractivity contribution in [2.75, 3.05) is 10.6 Å². The number of hydrogen-bond donors (Lipinski definition) is 2. The first kappa shape index (κ1) is 22.0. The smallest absolute Gasteiger partial charge is 0.417 e. The van der Waals surface area contributed by atoms with Crippen molar-refractivity contribution in [2.45, 2.75) is 6.18 Å². The van der Waals surface area contributed by atoms with Crippen LogP contribution in [0.4, 0.5) is 29.3 Å². The van der Waals surface area contributed by atoms with Crippen molar-refractivity contribution in [3.63, 3.8) is 0 Å². The molecule has 0 saturated carbocycles. The molecule has 0 aliphatic rings. The van der Waals surface area contributed by atoms with E-state index in [4.69, 9.17) is 20.8 Å². The minimum Gasteiger partial charge on any atom is -0.439 e. The summed E-state index contributed by atoms with van der Waals surface area (Å²) in [6.07, 6.45) is -2.20. The molecule has 4 rings (SSSR count). The van der Waals surface area contributed by atoms with Crippen molar-refractivity contribution >= 4 is 29.0 Å². The van der Waals surface area contributed by atoms with Gasteiger partial charge in [0.15, 0.2) is 0 Å². The Labute approximate surface area is 188 Å². The summed E-state index contributed by atoms with van der Waals surface area (Å²) in [4.78, 5) is 20.2. The summed E-state index contributed by atoms with van der Waals surface area (Å²) in [5.41, 5.74) is -0.358. The standard InChI is InChI=1S/C20H12ClF3N6O3/c21-15-6-3-12(7-14(15)20(22,23)24)29-19(31)28-11-1-4-13(5-2-11)33-17-8-16(25-9-26-17)18-30-27-10-32-18/h1-10H,(H2,28,29,31). The Morgan fingerprint density at radius 3 is 2.42 bits per heavy atom. The normalized spacial score (nSPS) is 11.2. The second-order valence-electron chi connectivity index (χ2n) is 6.38. The van der Waals surface area contributed by atoms with Gasteiger partial charge in [0.2, 0.25) is 12.3 Å². The van der Waals surface area contributed by atoms with E-state index >= 15 is 0 Å². The quantitative estimate of drug-likeness (QED) is 0.383. The van der Waals surface area contributed by atoms with E-state index < -0.39 is 22.8 Å². The highest BCUT2D eigenvalue weighted by atomic mass is 35.5. The van der Waals surface area contributed by atoms with Crippen molar-refractivity contribution < 1.29 is 27.1 Å². The first-order valence-electron chi connectivity index (χ1n) is 9.09. The molecule has 2 heterocycles. The summed E-state index contributed by atoms with van der Waals surface area (Å²) in [6.45, 7) is 0. The molecule has 0 saturated heterocycles. The van der Waals surface area contributed by atoms with Gasteiger partial charge in [-0.3, -0.25) is 0 Å². The molecule has 0 aliphatic carbocycles. The fourth-order valence-corrected chi connectivity index (χ4v) is 2.86. The molecule has 0 radical (unpaired) electrons. The molecule has 0 bridgehead atoms. The van der Waals surface area contributed by atoms with Crippen LogP contribution in [-0.2, 0) is 6.18 Å². The number of aromatic nitrogens is 4. The zero-order chi connectivity index (χ0) is 23.4. The number of ether oxygens (including phenoxy) is 1. The highest BCUT2D eigenvalue weighted by Crippen LogP contribution is 2.36. The maximum Gasteiger partial charge on any atom is 0.417 e. The van der Waals surface area contributed by atoms with E-state index in [1.54, 1.807) is 12.1 Å². The van der Waals surface area contributed by atoms with Gasteiger partial charge >= 0.3 is 12.2 Å². The number of alkyl halides is 3. The number of nitrogens with zero attached hydrogens (tertiary/aromatic N) is 4. The number of nitrogens with one attached hydrogen (secondary N) is 2. The van der Waals surface area contributed by atoms with Crippen molar-refractivity contribution in [3.05, 3.63) is 71.8 Å². The molecule has 9 nitrogen and oxygen atoms in total. The molecule has 33 heavy (non-hydrogen) atoms. The Bertz CT molecular complexity index is 1270. The monoisotopic (exact) mass is 476 g/mol. The van der Waals surface area contributed by atoms with Crippen LogP contribution in [0.1, 0.15) is 5.56 Å². The highest BCUT2D eigenvalue weighted by molar-refractivity contribution is 6.31. The van der Waals surface area contributed by atoms with Crippen LogP contribution in [-0.4, -0.2) is 26.2 Å². The molecule has 13 heteroatoms. The van der Waals surface area contributed by atoms with E-state index in [1.165, 1.54) is 37.0 Å². The average Bonchev–Trinajstić information content (AvgIpc) is 3.31. The van der Waals surface area contributed by atoms with Gasteiger partial charge in [0.1, 0.15) is 17.8 Å². The van der Waals surface area contributed by atoms with Crippen LogP contribution < -0.4 is 15.4 Å². The van der Waals surface area contributed by atoms with Gasteiger partial charge in [0, 0.05) is 17.4 Å². The lowest BCUT2D eigenvalue weighted by Gasteiger charge is -2.12. The molecule has 0 spiro atoms. The number of carbonyl (C=O) groups is 1. The SMILES string of the molecule is O=C(Nc1ccc(Oc2cc(-c3nnco3)ncn2)cc1)Nc1ccc(Cl)c(C(F)(F)F)c1. The first-order valence-corrected chi connectivity index (χ1v) is 9.47. The lowest BCUT2D eigenvalue weighted by Crippen LogP contribution is -2.19. The van der Waals surface area contributed by atoms with E-state index in [-0.39, 0.29) is 17.5 Å². The number of benzene rings is 2. The van der Waals surface area contributed by atoms with E-state index in [2.05, 4.69) is 30.8 Å². The Kier molecular flexibility index (Phi) is 6.09. The molecule has 0 fully saturated rings. The van der Waals surface area contributed by atoms with Crippen LogP contribution in [0.25, 0.3) is 11.6 Å². The third-order valence-electron chi connectivity index (χ3n) is 4.09. The van der Waals surface area contributed by atoms with Gasteiger partial charge in [-0.2, -0.15) is 13.2 Å². The number of amides is 2. The van der Waals surface area contributed by atoms with Crippen LogP contribution in [0, 0.1) is 0 Å². The third kappa shape index (κ3) is 5.54. The Morgan fingerprint density at radius 2 is 1.73 bits per heavy atom. The molecular weight excluding hydrogens is 465 g/mol. The van der Waals surface area contributed by atoms with E-state index in [0.29, 0.717) is 17.1 Å². The summed E-state index contributed by atoms with van der Waals surface area (Å²) >= 11 is 5.58. The number of hydrogen-bond acceptors (Lipinski definition) is 7. The Morgan fingerprint density at radius 1 is 1.00 bits per heavy atom. The van der Waals surface area contributed by atoms with Crippen molar-refractivity contribution in [1.82, 2.24) is 20.2 Å². The maximum absolute atomic E-state index is 13.0. The fraction of sp³-hybridized carbons (Fsp3) is 0.0500. The van der Waals surface area contributed by atoms with Gasteiger partial charge in [-0.1, -0.05) is 11.6 Å². The molecule has 0 atom stereocenters. The van der Waals surface area contributed by atoms with E-state index in [0.717, 1.165) is 12.1 Å². The molecule has 2 aromatic carbocycles. The topological polar surface area (TPSA) is 115 Å². The van der Waals surface area contributed by atoms with Crippen molar-refractivity contribution in [2.24, 2.45) is 0 Å². The van der Waals surface area contributed by atoms with Crippen molar-refractivity contribution in [3.8, 4) is 23.2 Å². The largest absolute Gasteiger partial charge is 0.439 e. The van der Waals surface area contributed by atoms with Gasteiger partial charge in [-0.25, -0.2) is 14.8 Å². The summed E-state index contributed by atoms with van der Waals surface area (Å²) < 4.78 is 49.6. The number of urea groups is 1. The number of halogens is 4. The lowest BCUT2D eigenvalue weighted by molar-refractivity contribution is -0.137. The van der Waals surface area contributed by atoms with Crippen LogP contribution in [0.3, 0.4) is 0 Å². The van der Waals surface area contributed by atoms with E-state index in [1.807, 2.05) is 0 Å². The second kappa shape index (κ2) is 9.12. The predicted octanol–water partition coefficient (Wildman–Crippen LogP) is 5.64. The molecule has 2 N–H and O–H groups in total. The van der Waals surface area contributed by atoms with Crippen LogP contribution in [0.15, 0.2) is 65.7 Å². The van der Waals surface area contributed by atoms with Crippen molar-refractivity contribution in [1.29, 1.82) is 0 Å². The molecular formula is C20H12ClF3N6O3. The summed E-state index contributed by atoms with van der Waals surface area (Å²) in [5.74, 6) is 0.833. The molecule has 2 aromatic heterocycles. The summed E-state index contributed by atoms with van der Waals surface area (Å²) in [7, 11) is 0. The highest BCUT2D eigenvalue weighted by Gasteiger charge is 2.33.